The zero-order chi connectivity index (χ0) is 11.8. The minimum Gasteiger partial charge on any atom is -0.474 e. The largest absolute Gasteiger partial charge is 0.474 e. The van der Waals surface area contributed by atoms with Crippen molar-refractivity contribution in [1.29, 1.82) is 0 Å². The molecule has 0 aliphatic carbocycles. The molecule has 90 valence electrons. The van der Waals surface area contributed by atoms with Gasteiger partial charge < -0.3 is 14.2 Å². The van der Waals surface area contributed by atoms with Crippen molar-refractivity contribution in [2.24, 2.45) is 0 Å². The second kappa shape index (κ2) is 6.84. The summed E-state index contributed by atoms with van der Waals surface area (Å²) in [7, 11) is 0. The molecule has 16 heavy (non-hydrogen) atoms. The Morgan fingerprint density at radius 2 is 2.19 bits per heavy atom. The van der Waals surface area contributed by atoms with Crippen LogP contribution in [0.4, 0.5) is 0 Å². The van der Waals surface area contributed by atoms with Crippen molar-refractivity contribution in [3.63, 3.8) is 0 Å². The Hall–Kier alpha value is -1.56. The average molecular weight is 228 g/mol. The molecular formula is C10H16N2O4. The molecule has 1 aromatic heterocycles. The number of nitrogens with zero attached hydrogens (tertiary/aromatic N) is 1. The van der Waals surface area contributed by atoms with Gasteiger partial charge in [0.15, 0.2) is 0 Å². The molecule has 1 heterocycles. The third kappa shape index (κ3) is 3.54. The molecule has 1 aromatic rings. The molecular weight excluding hydrogens is 212 g/mol. The molecule has 0 fully saturated rings. The average Bonchev–Trinajstić information content (AvgIpc) is 2.73. The summed E-state index contributed by atoms with van der Waals surface area (Å²) in [4.78, 5) is 11.4. The Bertz CT molecular complexity index is 324. The summed E-state index contributed by atoms with van der Waals surface area (Å²) >= 11 is 0. The Balaban J connectivity index is 2.47. The van der Waals surface area contributed by atoms with Crippen molar-refractivity contribution in [2.75, 3.05) is 26.4 Å². The van der Waals surface area contributed by atoms with E-state index in [4.69, 9.17) is 14.2 Å². The molecule has 0 amide bonds. The van der Waals surface area contributed by atoms with Gasteiger partial charge in [-0.1, -0.05) is 0 Å². The van der Waals surface area contributed by atoms with Crippen LogP contribution in [0.3, 0.4) is 0 Å². The normalized spacial score (nSPS) is 10.1. The molecule has 1 N–H and O–H groups in total. The summed E-state index contributed by atoms with van der Waals surface area (Å²) < 4.78 is 15.2. The molecule has 6 heteroatoms. The van der Waals surface area contributed by atoms with Gasteiger partial charge in [0.1, 0.15) is 12.2 Å². The van der Waals surface area contributed by atoms with Crippen LogP contribution in [0.5, 0.6) is 5.88 Å². The number of esters is 1. The summed E-state index contributed by atoms with van der Waals surface area (Å²) in [5, 5.41) is 6.38. The van der Waals surface area contributed by atoms with Gasteiger partial charge in [0.25, 0.3) is 0 Å². The Kier molecular flexibility index (Phi) is 5.35. The van der Waals surface area contributed by atoms with Crippen molar-refractivity contribution in [3.8, 4) is 5.88 Å². The highest BCUT2D eigenvalue weighted by Gasteiger charge is 2.16. The van der Waals surface area contributed by atoms with Gasteiger partial charge >= 0.3 is 5.97 Å². The van der Waals surface area contributed by atoms with E-state index in [2.05, 4.69) is 10.2 Å². The molecule has 0 unspecified atom stereocenters. The second-order valence-corrected chi connectivity index (χ2v) is 2.87. The third-order valence-electron chi connectivity index (χ3n) is 1.77. The summed E-state index contributed by atoms with van der Waals surface area (Å²) in [6.07, 6.45) is 1.45. The van der Waals surface area contributed by atoms with Gasteiger partial charge in [-0.15, -0.1) is 5.10 Å². The van der Waals surface area contributed by atoms with Crippen LogP contribution in [-0.2, 0) is 9.47 Å². The molecule has 0 saturated carbocycles. The third-order valence-corrected chi connectivity index (χ3v) is 1.77. The molecule has 6 nitrogen and oxygen atoms in total. The highest BCUT2D eigenvalue weighted by Crippen LogP contribution is 2.14. The molecule has 0 spiro atoms. The molecule has 0 saturated heterocycles. The maximum absolute atomic E-state index is 11.4. The van der Waals surface area contributed by atoms with E-state index in [0.717, 1.165) is 0 Å². The summed E-state index contributed by atoms with van der Waals surface area (Å²) in [6, 6.07) is 0. The number of ether oxygens (including phenoxy) is 3. The fourth-order valence-corrected chi connectivity index (χ4v) is 1.08. The van der Waals surface area contributed by atoms with Gasteiger partial charge in [-0.2, -0.15) is 0 Å². The quantitative estimate of drug-likeness (QED) is 0.556. The molecule has 0 bridgehead atoms. The minimum absolute atomic E-state index is 0.248. The van der Waals surface area contributed by atoms with Gasteiger partial charge in [-0.25, -0.2) is 4.79 Å². The van der Waals surface area contributed by atoms with Crippen LogP contribution in [0.2, 0.25) is 0 Å². The smallest absolute Gasteiger partial charge is 0.345 e. The number of rotatable bonds is 7. The number of nitrogens with one attached hydrogen (secondary N) is 1. The number of hydrogen-bond donors (Lipinski definition) is 1. The number of H-pyrrole nitrogens is 1. The first-order valence-corrected chi connectivity index (χ1v) is 5.21. The van der Waals surface area contributed by atoms with Crippen LogP contribution in [-0.4, -0.2) is 42.6 Å². The number of hydrogen-bond acceptors (Lipinski definition) is 5. The lowest BCUT2D eigenvalue weighted by atomic mass is 10.3. The zero-order valence-electron chi connectivity index (χ0n) is 9.49. The van der Waals surface area contributed by atoms with Gasteiger partial charge in [0.05, 0.1) is 13.2 Å². The summed E-state index contributed by atoms with van der Waals surface area (Å²) in [6.45, 7) is 5.42. The lowest BCUT2D eigenvalue weighted by Crippen LogP contribution is -2.10. The fraction of sp³-hybridized carbons (Fsp3) is 0.600. The SMILES string of the molecule is CCOCCOc1n[nH]cc1C(=O)OCC. The number of carbonyl (C=O) groups excluding carboxylic acids is 1. The van der Waals surface area contributed by atoms with E-state index in [1.165, 1.54) is 6.20 Å². The Labute approximate surface area is 93.9 Å². The monoisotopic (exact) mass is 228 g/mol. The van der Waals surface area contributed by atoms with Crippen molar-refractivity contribution >= 4 is 5.97 Å². The van der Waals surface area contributed by atoms with E-state index in [1.807, 2.05) is 6.92 Å². The first-order valence-electron chi connectivity index (χ1n) is 5.21. The van der Waals surface area contributed by atoms with Gasteiger partial charge in [0.2, 0.25) is 5.88 Å². The van der Waals surface area contributed by atoms with Crippen LogP contribution in [0.1, 0.15) is 24.2 Å². The maximum atomic E-state index is 11.4. The first kappa shape index (κ1) is 12.5. The van der Waals surface area contributed by atoms with Gasteiger partial charge in [-0.3, -0.25) is 5.10 Å². The zero-order valence-corrected chi connectivity index (χ0v) is 9.49. The van der Waals surface area contributed by atoms with E-state index in [0.29, 0.717) is 32.0 Å². The van der Waals surface area contributed by atoms with Crippen molar-refractivity contribution in [1.82, 2.24) is 10.2 Å². The van der Waals surface area contributed by atoms with Gasteiger partial charge in [0, 0.05) is 12.8 Å². The summed E-state index contributed by atoms with van der Waals surface area (Å²) in [5.41, 5.74) is 0.304. The predicted molar refractivity (Wildman–Crippen MR) is 56.5 cm³/mol. The van der Waals surface area contributed by atoms with E-state index >= 15 is 0 Å². The number of carbonyl (C=O) groups is 1. The van der Waals surface area contributed by atoms with E-state index in [-0.39, 0.29) is 5.88 Å². The van der Waals surface area contributed by atoms with Crippen LogP contribution in [0.25, 0.3) is 0 Å². The summed E-state index contributed by atoms with van der Waals surface area (Å²) in [5.74, 6) is -0.194. The topological polar surface area (TPSA) is 73.4 Å². The molecule has 0 radical (unpaired) electrons. The van der Waals surface area contributed by atoms with E-state index < -0.39 is 5.97 Å². The van der Waals surface area contributed by atoms with Crippen molar-refractivity contribution < 1.29 is 19.0 Å². The number of aromatic amines is 1. The molecule has 0 aliphatic rings. The van der Waals surface area contributed by atoms with Crippen LogP contribution < -0.4 is 4.74 Å². The Morgan fingerprint density at radius 3 is 2.88 bits per heavy atom. The minimum atomic E-state index is -0.442. The molecule has 0 aromatic carbocycles. The lowest BCUT2D eigenvalue weighted by Gasteiger charge is -2.05. The highest BCUT2D eigenvalue weighted by molar-refractivity contribution is 5.91. The van der Waals surface area contributed by atoms with Crippen LogP contribution in [0, 0.1) is 0 Å². The molecule has 0 atom stereocenters. The first-order chi connectivity index (χ1) is 7.79. The van der Waals surface area contributed by atoms with Crippen LogP contribution in [0.15, 0.2) is 6.20 Å². The van der Waals surface area contributed by atoms with Crippen molar-refractivity contribution in [3.05, 3.63) is 11.8 Å². The highest BCUT2D eigenvalue weighted by atomic mass is 16.5. The van der Waals surface area contributed by atoms with E-state index in [1.54, 1.807) is 6.92 Å². The molecule has 0 aliphatic heterocycles. The molecule has 1 rings (SSSR count). The Morgan fingerprint density at radius 1 is 1.38 bits per heavy atom. The second-order valence-electron chi connectivity index (χ2n) is 2.87. The number of aromatic nitrogens is 2. The predicted octanol–water partition coefficient (Wildman–Crippen LogP) is 1.00. The standard InChI is InChI=1S/C10H16N2O4/c1-3-14-5-6-16-9-8(7-11-12-9)10(13)15-4-2/h7H,3-6H2,1-2H3,(H,11,12). The maximum Gasteiger partial charge on any atom is 0.345 e. The van der Waals surface area contributed by atoms with Crippen molar-refractivity contribution in [2.45, 2.75) is 13.8 Å². The lowest BCUT2D eigenvalue weighted by molar-refractivity contribution is 0.0518. The van der Waals surface area contributed by atoms with Crippen LogP contribution >= 0.6 is 0 Å². The fourth-order valence-electron chi connectivity index (χ4n) is 1.08. The van der Waals surface area contributed by atoms with E-state index in [9.17, 15) is 4.79 Å². The van der Waals surface area contributed by atoms with Gasteiger partial charge in [-0.05, 0) is 13.8 Å².